The first kappa shape index (κ1) is 13.5. The molecule has 0 fully saturated rings. The zero-order valence-corrected chi connectivity index (χ0v) is 10.9. The van der Waals surface area contributed by atoms with Crippen molar-refractivity contribution in [3.63, 3.8) is 0 Å². The summed E-state index contributed by atoms with van der Waals surface area (Å²) in [6.45, 7) is 2.98. The molecule has 1 aromatic carbocycles. The van der Waals surface area contributed by atoms with E-state index in [-0.39, 0.29) is 12.4 Å². The Hall–Kier alpha value is -1.94. The lowest BCUT2D eigenvalue weighted by Gasteiger charge is -2.10. The predicted octanol–water partition coefficient (Wildman–Crippen LogP) is 3.14. The second kappa shape index (κ2) is 6.29. The van der Waals surface area contributed by atoms with Crippen LogP contribution in [0.4, 0.5) is 4.39 Å². The molecule has 0 bridgehead atoms. The van der Waals surface area contributed by atoms with Gasteiger partial charge in [0.1, 0.15) is 11.6 Å². The van der Waals surface area contributed by atoms with Crippen LogP contribution in [0.25, 0.3) is 11.1 Å². The van der Waals surface area contributed by atoms with Gasteiger partial charge in [0.2, 0.25) is 0 Å². The number of halogens is 1. The molecular formula is C15H17FN2O. The van der Waals surface area contributed by atoms with Gasteiger partial charge in [0.25, 0.3) is 0 Å². The van der Waals surface area contributed by atoms with Gasteiger partial charge in [-0.2, -0.15) is 0 Å². The molecule has 3 nitrogen and oxygen atoms in total. The standard InChI is InChI=1S/C15H17FN2O/c1-2-5-19-14-7-12(9-18-10-14)15-4-3-13(16)6-11(15)8-17/h3-4,6-7,9-10H,2,5,8,17H2,1H3. The minimum atomic E-state index is -0.282. The Bertz CT molecular complexity index is 558. The van der Waals surface area contributed by atoms with Gasteiger partial charge in [-0.1, -0.05) is 13.0 Å². The van der Waals surface area contributed by atoms with Crippen LogP contribution < -0.4 is 10.5 Å². The second-order valence-electron chi connectivity index (χ2n) is 4.26. The molecule has 0 atom stereocenters. The number of benzene rings is 1. The van der Waals surface area contributed by atoms with E-state index in [4.69, 9.17) is 10.5 Å². The fourth-order valence-corrected chi connectivity index (χ4v) is 1.88. The molecule has 0 spiro atoms. The third kappa shape index (κ3) is 3.29. The first-order valence-electron chi connectivity index (χ1n) is 6.31. The van der Waals surface area contributed by atoms with Gasteiger partial charge < -0.3 is 10.5 Å². The van der Waals surface area contributed by atoms with Crippen LogP contribution in [-0.4, -0.2) is 11.6 Å². The Balaban J connectivity index is 2.35. The number of ether oxygens (including phenoxy) is 1. The molecule has 2 rings (SSSR count). The summed E-state index contributed by atoms with van der Waals surface area (Å²) in [4.78, 5) is 4.15. The molecule has 0 aliphatic heterocycles. The van der Waals surface area contributed by atoms with Crippen molar-refractivity contribution in [1.29, 1.82) is 0 Å². The van der Waals surface area contributed by atoms with Gasteiger partial charge in [0, 0.05) is 18.3 Å². The number of aromatic nitrogens is 1. The van der Waals surface area contributed by atoms with Crippen molar-refractivity contribution in [1.82, 2.24) is 4.98 Å². The average molecular weight is 260 g/mol. The average Bonchev–Trinajstić information content (AvgIpc) is 2.45. The molecule has 0 unspecified atom stereocenters. The van der Waals surface area contributed by atoms with Crippen LogP contribution in [0.2, 0.25) is 0 Å². The van der Waals surface area contributed by atoms with E-state index < -0.39 is 0 Å². The van der Waals surface area contributed by atoms with E-state index in [1.165, 1.54) is 12.1 Å². The molecule has 0 radical (unpaired) electrons. The number of nitrogens with two attached hydrogens (primary N) is 1. The third-order valence-corrected chi connectivity index (χ3v) is 2.78. The molecule has 4 heteroatoms. The minimum absolute atomic E-state index is 0.282. The zero-order chi connectivity index (χ0) is 13.7. The SMILES string of the molecule is CCCOc1cncc(-c2ccc(F)cc2CN)c1. The van der Waals surface area contributed by atoms with Crippen molar-refractivity contribution in [2.45, 2.75) is 19.9 Å². The maximum absolute atomic E-state index is 13.2. The number of hydrogen-bond donors (Lipinski definition) is 1. The van der Waals surface area contributed by atoms with Crippen molar-refractivity contribution < 1.29 is 9.13 Å². The lowest BCUT2D eigenvalue weighted by Crippen LogP contribution is -2.00. The summed E-state index contributed by atoms with van der Waals surface area (Å²) in [6, 6.07) is 6.50. The summed E-state index contributed by atoms with van der Waals surface area (Å²) in [5, 5.41) is 0. The van der Waals surface area contributed by atoms with E-state index in [0.717, 1.165) is 23.1 Å². The highest BCUT2D eigenvalue weighted by molar-refractivity contribution is 5.67. The molecule has 2 N–H and O–H groups in total. The van der Waals surface area contributed by atoms with Gasteiger partial charge in [-0.15, -0.1) is 0 Å². The van der Waals surface area contributed by atoms with Gasteiger partial charge >= 0.3 is 0 Å². The molecule has 0 aliphatic carbocycles. The van der Waals surface area contributed by atoms with Gasteiger partial charge in [0.05, 0.1) is 12.8 Å². The van der Waals surface area contributed by atoms with Crippen LogP contribution in [0.5, 0.6) is 5.75 Å². The molecule has 1 aromatic heterocycles. The molecule has 0 saturated heterocycles. The Morgan fingerprint density at radius 2 is 2.11 bits per heavy atom. The molecule has 19 heavy (non-hydrogen) atoms. The van der Waals surface area contributed by atoms with Crippen LogP contribution in [0, 0.1) is 5.82 Å². The maximum atomic E-state index is 13.2. The number of nitrogens with zero attached hydrogens (tertiary/aromatic N) is 1. The van der Waals surface area contributed by atoms with E-state index in [2.05, 4.69) is 4.98 Å². The zero-order valence-electron chi connectivity index (χ0n) is 10.9. The van der Waals surface area contributed by atoms with E-state index in [9.17, 15) is 4.39 Å². The monoisotopic (exact) mass is 260 g/mol. The predicted molar refractivity (Wildman–Crippen MR) is 73.3 cm³/mol. The second-order valence-corrected chi connectivity index (χ2v) is 4.26. The Morgan fingerprint density at radius 1 is 1.26 bits per heavy atom. The van der Waals surface area contributed by atoms with Crippen LogP contribution in [-0.2, 0) is 6.54 Å². The topological polar surface area (TPSA) is 48.1 Å². The summed E-state index contributed by atoms with van der Waals surface area (Å²) in [6.07, 6.45) is 4.34. The summed E-state index contributed by atoms with van der Waals surface area (Å²) >= 11 is 0. The third-order valence-electron chi connectivity index (χ3n) is 2.78. The maximum Gasteiger partial charge on any atom is 0.138 e. The van der Waals surface area contributed by atoms with Crippen molar-refractivity contribution >= 4 is 0 Å². The first-order valence-corrected chi connectivity index (χ1v) is 6.31. The molecule has 2 aromatic rings. The van der Waals surface area contributed by atoms with Crippen LogP contribution >= 0.6 is 0 Å². The Morgan fingerprint density at radius 3 is 2.84 bits per heavy atom. The molecular weight excluding hydrogens is 243 g/mol. The smallest absolute Gasteiger partial charge is 0.138 e. The van der Waals surface area contributed by atoms with Crippen LogP contribution in [0.15, 0.2) is 36.7 Å². The van der Waals surface area contributed by atoms with Gasteiger partial charge in [-0.25, -0.2) is 4.39 Å². The fourth-order valence-electron chi connectivity index (χ4n) is 1.88. The summed E-state index contributed by atoms with van der Waals surface area (Å²) in [7, 11) is 0. The number of pyridine rings is 1. The molecule has 0 aliphatic rings. The van der Waals surface area contributed by atoms with Gasteiger partial charge in [0.15, 0.2) is 0 Å². The van der Waals surface area contributed by atoms with Crippen LogP contribution in [0.1, 0.15) is 18.9 Å². The molecule has 0 amide bonds. The lowest BCUT2D eigenvalue weighted by atomic mass is 10.0. The highest BCUT2D eigenvalue weighted by atomic mass is 19.1. The summed E-state index contributed by atoms with van der Waals surface area (Å²) < 4.78 is 18.7. The van der Waals surface area contributed by atoms with Crippen molar-refractivity contribution in [2.75, 3.05) is 6.61 Å². The van der Waals surface area contributed by atoms with E-state index in [1.807, 2.05) is 13.0 Å². The minimum Gasteiger partial charge on any atom is -0.492 e. The largest absolute Gasteiger partial charge is 0.492 e. The van der Waals surface area contributed by atoms with Gasteiger partial charge in [-0.3, -0.25) is 4.98 Å². The summed E-state index contributed by atoms with van der Waals surface area (Å²) in [5.74, 6) is 0.433. The Labute approximate surface area is 112 Å². The first-order chi connectivity index (χ1) is 9.24. The highest BCUT2D eigenvalue weighted by Crippen LogP contribution is 2.26. The summed E-state index contributed by atoms with van der Waals surface area (Å²) in [5.41, 5.74) is 8.19. The number of hydrogen-bond acceptors (Lipinski definition) is 3. The molecule has 1 heterocycles. The fraction of sp³-hybridized carbons (Fsp3) is 0.267. The quantitative estimate of drug-likeness (QED) is 0.898. The molecule has 0 saturated carbocycles. The Kier molecular flexibility index (Phi) is 4.47. The van der Waals surface area contributed by atoms with E-state index >= 15 is 0 Å². The molecule has 100 valence electrons. The lowest BCUT2D eigenvalue weighted by molar-refractivity contribution is 0.316. The van der Waals surface area contributed by atoms with E-state index in [0.29, 0.717) is 12.4 Å². The van der Waals surface area contributed by atoms with Crippen molar-refractivity contribution in [3.8, 4) is 16.9 Å². The van der Waals surface area contributed by atoms with Crippen molar-refractivity contribution in [2.24, 2.45) is 5.73 Å². The highest BCUT2D eigenvalue weighted by Gasteiger charge is 2.07. The number of rotatable bonds is 5. The van der Waals surface area contributed by atoms with Crippen molar-refractivity contribution in [3.05, 3.63) is 48.0 Å². The van der Waals surface area contributed by atoms with Gasteiger partial charge in [-0.05, 0) is 35.7 Å². The van der Waals surface area contributed by atoms with E-state index in [1.54, 1.807) is 18.5 Å². The normalized spacial score (nSPS) is 10.5. The van der Waals surface area contributed by atoms with Crippen LogP contribution in [0.3, 0.4) is 0 Å².